The zero-order valence-electron chi connectivity index (χ0n) is 11.0. The minimum Gasteiger partial charge on any atom is -0.477 e. The summed E-state index contributed by atoms with van der Waals surface area (Å²) in [6.07, 6.45) is 3.71. The highest BCUT2D eigenvalue weighted by Gasteiger charge is 2.19. The second-order valence-corrected chi connectivity index (χ2v) is 5.66. The molecule has 0 saturated carbocycles. The molecule has 0 radical (unpaired) electrons. The number of aryl methyl sites for hydroxylation is 1. The maximum Gasteiger partial charge on any atom is 0.354 e. The van der Waals surface area contributed by atoms with Gasteiger partial charge in [-0.3, -0.25) is 0 Å². The van der Waals surface area contributed by atoms with Crippen LogP contribution in [0, 0.1) is 11.3 Å². The highest BCUT2D eigenvalue weighted by molar-refractivity contribution is 5.85. The Balaban J connectivity index is 2.56. The highest BCUT2D eigenvalue weighted by atomic mass is 16.4. The molecular formula is C14H21NO2. The van der Waals surface area contributed by atoms with Crippen LogP contribution in [0.1, 0.15) is 50.2 Å². The summed E-state index contributed by atoms with van der Waals surface area (Å²) in [4.78, 5) is 14.6. The van der Waals surface area contributed by atoms with Crippen molar-refractivity contribution in [3.8, 4) is 0 Å². The van der Waals surface area contributed by atoms with E-state index in [0.717, 1.165) is 18.4 Å². The predicted octanol–water partition coefficient (Wildman–Crippen LogP) is 3.39. The van der Waals surface area contributed by atoms with E-state index in [1.165, 1.54) is 0 Å². The second-order valence-electron chi connectivity index (χ2n) is 5.66. The molecule has 1 rings (SSSR count). The Morgan fingerprint density at radius 3 is 2.47 bits per heavy atom. The summed E-state index contributed by atoms with van der Waals surface area (Å²) in [5.74, 6) is -0.346. The van der Waals surface area contributed by atoms with Gasteiger partial charge in [0.05, 0.1) is 0 Å². The first-order valence-corrected chi connectivity index (χ1v) is 5.99. The molecule has 1 heterocycles. The molecule has 0 aliphatic carbocycles. The predicted molar refractivity (Wildman–Crippen MR) is 68.1 cm³/mol. The summed E-state index contributed by atoms with van der Waals surface area (Å²) in [7, 11) is 0. The Labute approximate surface area is 103 Å². The third-order valence-corrected chi connectivity index (χ3v) is 3.39. The Hall–Kier alpha value is -1.38. The van der Waals surface area contributed by atoms with Crippen molar-refractivity contribution in [1.29, 1.82) is 0 Å². The minimum atomic E-state index is -0.973. The van der Waals surface area contributed by atoms with Crippen LogP contribution in [0.15, 0.2) is 18.3 Å². The van der Waals surface area contributed by atoms with Crippen molar-refractivity contribution in [2.45, 2.75) is 40.5 Å². The van der Waals surface area contributed by atoms with E-state index >= 15 is 0 Å². The molecule has 1 atom stereocenters. The minimum absolute atomic E-state index is 0.109. The lowest BCUT2D eigenvalue weighted by Crippen LogP contribution is -2.17. The van der Waals surface area contributed by atoms with Crippen molar-refractivity contribution in [1.82, 2.24) is 4.98 Å². The molecule has 0 aliphatic rings. The molecule has 0 saturated heterocycles. The highest BCUT2D eigenvalue weighted by Crippen LogP contribution is 2.28. The largest absolute Gasteiger partial charge is 0.477 e. The van der Waals surface area contributed by atoms with Crippen LogP contribution >= 0.6 is 0 Å². The van der Waals surface area contributed by atoms with E-state index in [0.29, 0.717) is 11.3 Å². The molecule has 1 unspecified atom stereocenters. The van der Waals surface area contributed by atoms with E-state index < -0.39 is 5.97 Å². The first kappa shape index (κ1) is 13.7. The third kappa shape index (κ3) is 4.17. The number of aromatic nitrogens is 1. The number of carboxylic acid groups (broad SMARTS) is 1. The molecule has 1 aromatic rings. The first-order chi connectivity index (χ1) is 7.80. The molecular weight excluding hydrogens is 214 g/mol. The van der Waals surface area contributed by atoms with Gasteiger partial charge in [0, 0.05) is 6.20 Å². The molecule has 0 aliphatic heterocycles. The number of pyridine rings is 1. The average Bonchev–Trinajstić information content (AvgIpc) is 2.25. The Morgan fingerprint density at radius 1 is 1.41 bits per heavy atom. The average molecular weight is 235 g/mol. The topological polar surface area (TPSA) is 50.2 Å². The molecule has 0 aromatic carbocycles. The van der Waals surface area contributed by atoms with Gasteiger partial charge in [-0.2, -0.15) is 0 Å². The van der Waals surface area contributed by atoms with Gasteiger partial charge >= 0.3 is 5.97 Å². The fraction of sp³-hybridized carbons (Fsp3) is 0.571. The SMILES string of the molecule is CC(CCc1ccc(C(=O)O)nc1)C(C)(C)C. The van der Waals surface area contributed by atoms with Crippen molar-refractivity contribution in [2.75, 3.05) is 0 Å². The van der Waals surface area contributed by atoms with Crippen LogP contribution in [0.25, 0.3) is 0 Å². The molecule has 3 heteroatoms. The Morgan fingerprint density at radius 2 is 2.06 bits per heavy atom. The van der Waals surface area contributed by atoms with Crippen molar-refractivity contribution < 1.29 is 9.90 Å². The maximum absolute atomic E-state index is 10.6. The monoisotopic (exact) mass is 235 g/mol. The maximum atomic E-state index is 10.6. The van der Waals surface area contributed by atoms with E-state index in [9.17, 15) is 4.79 Å². The van der Waals surface area contributed by atoms with Gasteiger partial charge < -0.3 is 5.11 Å². The van der Waals surface area contributed by atoms with Gasteiger partial charge in [0.2, 0.25) is 0 Å². The lowest BCUT2D eigenvalue weighted by molar-refractivity contribution is 0.0690. The van der Waals surface area contributed by atoms with Crippen molar-refractivity contribution >= 4 is 5.97 Å². The summed E-state index contributed by atoms with van der Waals surface area (Å²) in [6, 6.07) is 3.42. The van der Waals surface area contributed by atoms with Crippen LogP contribution in [-0.2, 0) is 6.42 Å². The number of hydrogen-bond donors (Lipinski definition) is 1. The van der Waals surface area contributed by atoms with Gasteiger partial charge in [-0.15, -0.1) is 0 Å². The molecule has 17 heavy (non-hydrogen) atoms. The third-order valence-electron chi connectivity index (χ3n) is 3.39. The molecule has 94 valence electrons. The van der Waals surface area contributed by atoms with Gasteiger partial charge in [-0.05, 0) is 35.8 Å². The van der Waals surface area contributed by atoms with Crippen LogP contribution in [0.3, 0.4) is 0 Å². The molecule has 1 aromatic heterocycles. The van der Waals surface area contributed by atoms with Crippen LogP contribution < -0.4 is 0 Å². The van der Waals surface area contributed by atoms with E-state index in [2.05, 4.69) is 32.7 Å². The summed E-state index contributed by atoms with van der Waals surface area (Å²) < 4.78 is 0. The first-order valence-electron chi connectivity index (χ1n) is 5.99. The lowest BCUT2D eigenvalue weighted by Gasteiger charge is -2.27. The Bertz CT molecular complexity index is 376. The smallest absolute Gasteiger partial charge is 0.354 e. The number of carbonyl (C=O) groups is 1. The quantitative estimate of drug-likeness (QED) is 0.870. The van der Waals surface area contributed by atoms with Gasteiger partial charge in [0.1, 0.15) is 5.69 Å². The van der Waals surface area contributed by atoms with Crippen molar-refractivity contribution in [3.63, 3.8) is 0 Å². The normalized spacial score (nSPS) is 13.4. The number of rotatable bonds is 4. The summed E-state index contributed by atoms with van der Waals surface area (Å²) >= 11 is 0. The van der Waals surface area contributed by atoms with E-state index in [1.807, 2.05) is 6.07 Å². The molecule has 0 fully saturated rings. The number of hydrogen-bond acceptors (Lipinski definition) is 2. The van der Waals surface area contributed by atoms with Gasteiger partial charge in [-0.25, -0.2) is 9.78 Å². The van der Waals surface area contributed by atoms with Crippen LogP contribution in [0.2, 0.25) is 0 Å². The second kappa shape index (κ2) is 5.30. The van der Waals surface area contributed by atoms with Gasteiger partial charge in [0.15, 0.2) is 0 Å². The number of nitrogens with zero attached hydrogens (tertiary/aromatic N) is 1. The summed E-state index contributed by atoms with van der Waals surface area (Å²) in [6.45, 7) is 8.97. The molecule has 0 bridgehead atoms. The molecule has 0 amide bonds. The van der Waals surface area contributed by atoms with E-state index in [-0.39, 0.29) is 5.69 Å². The standard InChI is InChI=1S/C14H21NO2/c1-10(14(2,3)4)5-6-11-7-8-12(13(16)17)15-9-11/h7-10H,5-6H2,1-4H3,(H,16,17). The van der Waals surface area contributed by atoms with Gasteiger partial charge in [0.25, 0.3) is 0 Å². The zero-order chi connectivity index (χ0) is 13.1. The van der Waals surface area contributed by atoms with E-state index in [4.69, 9.17) is 5.11 Å². The molecule has 0 spiro atoms. The number of carboxylic acids is 1. The van der Waals surface area contributed by atoms with Crippen molar-refractivity contribution in [2.24, 2.45) is 11.3 Å². The molecule has 3 nitrogen and oxygen atoms in total. The van der Waals surface area contributed by atoms with Crippen LogP contribution in [0.4, 0.5) is 0 Å². The van der Waals surface area contributed by atoms with Crippen LogP contribution in [-0.4, -0.2) is 16.1 Å². The van der Waals surface area contributed by atoms with E-state index in [1.54, 1.807) is 12.3 Å². The lowest BCUT2D eigenvalue weighted by atomic mass is 9.79. The van der Waals surface area contributed by atoms with Crippen LogP contribution in [0.5, 0.6) is 0 Å². The summed E-state index contributed by atoms with van der Waals surface area (Å²) in [5, 5.41) is 8.74. The molecule has 1 N–H and O–H groups in total. The fourth-order valence-corrected chi connectivity index (χ4v) is 1.52. The zero-order valence-corrected chi connectivity index (χ0v) is 11.0. The summed E-state index contributed by atoms with van der Waals surface area (Å²) in [5.41, 5.74) is 1.53. The Kier molecular flexibility index (Phi) is 4.27. The number of aromatic carboxylic acids is 1. The fourth-order valence-electron chi connectivity index (χ4n) is 1.52. The van der Waals surface area contributed by atoms with Crippen molar-refractivity contribution in [3.05, 3.63) is 29.6 Å². The van der Waals surface area contributed by atoms with Gasteiger partial charge in [-0.1, -0.05) is 33.8 Å².